The molecule has 86 valence electrons. The monoisotopic (exact) mass is 255 g/mol. The van der Waals surface area contributed by atoms with Crippen LogP contribution in [-0.4, -0.2) is 17.6 Å². The van der Waals surface area contributed by atoms with E-state index in [1.807, 2.05) is 18.6 Å². The summed E-state index contributed by atoms with van der Waals surface area (Å²) in [6.45, 7) is 0. The molecule has 0 bridgehead atoms. The van der Waals surface area contributed by atoms with Crippen LogP contribution in [-0.2, 0) is 5.60 Å². The summed E-state index contributed by atoms with van der Waals surface area (Å²) in [7, 11) is 0. The van der Waals surface area contributed by atoms with Gasteiger partial charge < -0.3 is 9.52 Å². The molecule has 0 aromatic carbocycles. The van der Waals surface area contributed by atoms with Crippen LogP contribution < -0.4 is 0 Å². The largest absolute Gasteiger partial charge is 0.466 e. The van der Waals surface area contributed by atoms with E-state index in [9.17, 15) is 5.11 Å². The summed E-state index contributed by atoms with van der Waals surface area (Å²) in [5.74, 6) is 0.398. The molecular weight excluding hydrogens is 242 g/mol. The van der Waals surface area contributed by atoms with Gasteiger partial charge in [-0.1, -0.05) is 0 Å². The summed E-state index contributed by atoms with van der Waals surface area (Å²) in [6, 6.07) is 5.35. The molecule has 5 heteroatoms. The Balaban J connectivity index is 3.07. The number of thioether (sulfide) groups is 2. The molecule has 0 aliphatic rings. The average Bonchev–Trinajstić information content (AvgIpc) is 2.80. The summed E-state index contributed by atoms with van der Waals surface area (Å²) in [5, 5.41) is 19.1. The Labute approximate surface area is 104 Å². The van der Waals surface area contributed by atoms with E-state index in [1.165, 1.54) is 29.8 Å². The zero-order valence-corrected chi connectivity index (χ0v) is 10.8. The number of nitriles is 1. The molecule has 1 aromatic heterocycles. The normalized spacial score (nSPS) is 13.9. The van der Waals surface area contributed by atoms with Crippen molar-refractivity contribution >= 4 is 23.5 Å². The van der Waals surface area contributed by atoms with Crippen LogP contribution in [0.2, 0.25) is 0 Å². The molecular formula is C11H13NO2S2. The van der Waals surface area contributed by atoms with E-state index in [2.05, 4.69) is 0 Å². The fourth-order valence-corrected chi connectivity index (χ4v) is 2.54. The lowest BCUT2D eigenvalue weighted by Gasteiger charge is -2.19. The van der Waals surface area contributed by atoms with Crippen molar-refractivity contribution in [1.82, 2.24) is 0 Å². The smallest absolute Gasteiger partial charge is 0.155 e. The van der Waals surface area contributed by atoms with Gasteiger partial charge in [-0.25, -0.2) is 0 Å². The molecule has 1 rings (SSSR count). The standard InChI is InChI=1S/C11H13NO2S2/c1-15-10(16-2)8-11(13,5-6-12)9-4-3-7-14-9/h3-4,7-8,13H,5H2,1-2H3. The number of hydrogen-bond acceptors (Lipinski definition) is 5. The number of rotatable bonds is 5. The molecule has 0 aliphatic heterocycles. The highest BCUT2D eigenvalue weighted by molar-refractivity contribution is 8.21. The third kappa shape index (κ3) is 3.08. The topological polar surface area (TPSA) is 57.2 Å². The highest BCUT2D eigenvalue weighted by Crippen LogP contribution is 2.33. The predicted molar refractivity (Wildman–Crippen MR) is 67.9 cm³/mol. The molecule has 1 atom stereocenters. The van der Waals surface area contributed by atoms with Gasteiger partial charge in [-0.3, -0.25) is 0 Å². The van der Waals surface area contributed by atoms with Crippen molar-refractivity contribution in [3.05, 3.63) is 34.5 Å². The molecule has 16 heavy (non-hydrogen) atoms. The first kappa shape index (κ1) is 13.2. The predicted octanol–water partition coefficient (Wildman–Crippen LogP) is 2.95. The van der Waals surface area contributed by atoms with Gasteiger partial charge in [0.25, 0.3) is 0 Å². The van der Waals surface area contributed by atoms with Crippen LogP contribution in [0.1, 0.15) is 12.2 Å². The number of aliphatic hydroxyl groups is 1. The number of hydrogen-bond donors (Lipinski definition) is 1. The Bertz CT molecular complexity index is 389. The third-order valence-corrected chi connectivity index (χ3v) is 4.10. The van der Waals surface area contributed by atoms with Gasteiger partial charge in [0.1, 0.15) is 5.76 Å². The zero-order chi connectivity index (χ0) is 12.0. The van der Waals surface area contributed by atoms with Crippen LogP contribution in [0, 0.1) is 11.3 Å². The van der Waals surface area contributed by atoms with Crippen molar-refractivity contribution < 1.29 is 9.52 Å². The van der Waals surface area contributed by atoms with E-state index >= 15 is 0 Å². The van der Waals surface area contributed by atoms with Gasteiger partial charge in [-0.2, -0.15) is 5.26 Å². The first-order chi connectivity index (χ1) is 7.66. The Morgan fingerprint density at radius 2 is 2.31 bits per heavy atom. The second kappa shape index (κ2) is 6.04. The SMILES string of the molecule is CSC(=CC(O)(CC#N)c1ccco1)SC. The first-order valence-corrected chi connectivity index (χ1v) is 7.05. The van der Waals surface area contributed by atoms with Crippen LogP contribution in [0.4, 0.5) is 0 Å². The average molecular weight is 255 g/mol. The minimum absolute atomic E-state index is 0.0227. The third-order valence-electron chi connectivity index (χ3n) is 2.06. The molecule has 0 saturated carbocycles. The summed E-state index contributed by atoms with van der Waals surface area (Å²) in [6.07, 6.45) is 6.99. The Morgan fingerprint density at radius 3 is 2.75 bits per heavy atom. The fraction of sp³-hybridized carbons (Fsp3) is 0.364. The molecule has 0 amide bonds. The minimum Gasteiger partial charge on any atom is -0.466 e. The lowest BCUT2D eigenvalue weighted by atomic mass is 9.98. The van der Waals surface area contributed by atoms with Crippen LogP contribution in [0.25, 0.3) is 0 Å². The first-order valence-electron chi connectivity index (χ1n) is 4.60. The van der Waals surface area contributed by atoms with E-state index in [-0.39, 0.29) is 6.42 Å². The molecule has 1 heterocycles. The second-order valence-electron chi connectivity index (χ2n) is 3.11. The van der Waals surface area contributed by atoms with Crippen LogP contribution in [0.15, 0.2) is 33.1 Å². The molecule has 0 fully saturated rings. The van der Waals surface area contributed by atoms with Crippen LogP contribution in [0.5, 0.6) is 0 Å². The van der Waals surface area contributed by atoms with Gasteiger partial charge in [-0.05, 0) is 30.7 Å². The van der Waals surface area contributed by atoms with E-state index in [0.717, 1.165) is 4.24 Å². The second-order valence-corrected chi connectivity index (χ2v) is 5.06. The van der Waals surface area contributed by atoms with Gasteiger partial charge in [-0.15, -0.1) is 23.5 Å². The van der Waals surface area contributed by atoms with Crippen molar-refractivity contribution in [1.29, 1.82) is 5.26 Å². The number of nitrogens with zero attached hydrogens (tertiary/aromatic N) is 1. The van der Waals surface area contributed by atoms with Crippen molar-refractivity contribution in [3.63, 3.8) is 0 Å². The van der Waals surface area contributed by atoms with Crippen molar-refractivity contribution in [3.8, 4) is 6.07 Å². The molecule has 1 aromatic rings. The van der Waals surface area contributed by atoms with Gasteiger partial charge in [0.2, 0.25) is 0 Å². The van der Waals surface area contributed by atoms with E-state index < -0.39 is 5.60 Å². The lowest BCUT2D eigenvalue weighted by molar-refractivity contribution is 0.0698. The number of furan rings is 1. The van der Waals surface area contributed by atoms with Crippen molar-refractivity contribution in [2.45, 2.75) is 12.0 Å². The summed E-state index contributed by atoms with van der Waals surface area (Å²) in [4.78, 5) is 0. The van der Waals surface area contributed by atoms with E-state index in [0.29, 0.717) is 5.76 Å². The highest BCUT2D eigenvalue weighted by atomic mass is 32.2. The van der Waals surface area contributed by atoms with Crippen molar-refractivity contribution in [2.24, 2.45) is 0 Å². The Kier molecular flexibility index (Phi) is 5.00. The van der Waals surface area contributed by atoms with Gasteiger partial charge in [0.05, 0.1) is 18.8 Å². The fourth-order valence-electron chi connectivity index (χ4n) is 1.25. The highest BCUT2D eigenvalue weighted by Gasteiger charge is 2.30. The molecule has 3 nitrogen and oxygen atoms in total. The van der Waals surface area contributed by atoms with Crippen molar-refractivity contribution in [2.75, 3.05) is 12.5 Å². The Hall–Kier alpha value is -0.830. The van der Waals surface area contributed by atoms with E-state index in [4.69, 9.17) is 9.68 Å². The lowest BCUT2D eigenvalue weighted by Crippen LogP contribution is -2.21. The molecule has 1 unspecified atom stereocenters. The zero-order valence-electron chi connectivity index (χ0n) is 9.14. The van der Waals surface area contributed by atoms with Gasteiger partial charge in [0, 0.05) is 4.24 Å². The molecule has 0 spiro atoms. The Morgan fingerprint density at radius 1 is 1.62 bits per heavy atom. The summed E-state index contributed by atoms with van der Waals surface area (Å²) >= 11 is 3.07. The maximum atomic E-state index is 10.4. The minimum atomic E-state index is -1.33. The molecule has 0 saturated heterocycles. The van der Waals surface area contributed by atoms with Gasteiger partial charge in [0.15, 0.2) is 5.60 Å². The molecule has 0 aliphatic carbocycles. The summed E-state index contributed by atoms with van der Waals surface area (Å²) < 4.78 is 6.13. The summed E-state index contributed by atoms with van der Waals surface area (Å²) in [5.41, 5.74) is -1.33. The maximum absolute atomic E-state index is 10.4. The van der Waals surface area contributed by atoms with Gasteiger partial charge >= 0.3 is 0 Å². The van der Waals surface area contributed by atoms with Crippen LogP contribution in [0.3, 0.4) is 0 Å². The van der Waals surface area contributed by atoms with E-state index in [1.54, 1.807) is 18.2 Å². The van der Waals surface area contributed by atoms with Crippen LogP contribution >= 0.6 is 23.5 Å². The molecule has 0 radical (unpaired) electrons. The molecule has 1 N–H and O–H groups in total. The maximum Gasteiger partial charge on any atom is 0.155 e. The quantitative estimate of drug-likeness (QED) is 0.876.